The van der Waals surface area contributed by atoms with Gasteiger partial charge in [-0.25, -0.2) is 4.79 Å². The molecule has 1 fully saturated rings. The summed E-state index contributed by atoms with van der Waals surface area (Å²) in [5, 5.41) is 31.2. The first-order valence-corrected chi connectivity index (χ1v) is 10.3. The van der Waals surface area contributed by atoms with Gasteiger partial charge in [0.05, 0.1) is 16.5 Å². The van der Waals surface area contributed by atoms with Crippen LogP contribution in [-0.2, 0) is 14.4 Å². The van der Waals surface area contributed by atoms with Crippen molar-refractivity contribution in [2.75, 3.05) is 11.5 Å². The number of nitro groups is 1. The van der Waals surface area contributed by atoms with Gasteiger partial charge in [0.15, 0.2) is 6.61 Å². The minimum atomic E-state index is -1.16. The van der Waals surface area contributed by atoms with E-state index < -0.39 is 41.0 Å². The van der Waals surface area contributed by atoms with Crippen LogP contribution < -0.4 is 9.64 Å². The van der Waals surface area contributed by atoms with Crippen molar-refractivity contribution in [3.63, 3.8) is 0 Å². The molecule has 0 aliphatic carbocycles. The van der Waals surface area contributed by atoms with E-state index in [1.54, 1.807) is 30.3 Å². The van der Waals surface area contributed by atoms with Gasteiger partial charge in [-0.2, -0.15) is 0 Å². The molecule has 10 heteroatoms. The lowest BCUT2D eigenvalue weighted by atomic mass is 9.95. The molecule has 1 aliphatic rings. The van der Waals surface area contributed by atoms with Crippen molar-refractivity contribution in [1.29, 1.82) is 0 Å². The van der Waals surface area contributed by atoms with E-state index in [1.807, 2.05) is 0 Å². The first kappa shape index (κ1) is 23.2. The number of aliphatic hydroxyl groups is 1. The molecule has 1 heterocycles. The Morgan fingerprint density at radius 2 is 1.66 bits per heavy atom. The largest absolute Gasteiger partial charge is 0.507 e. The van der Waals surface area contributed by atoms with Crippen LogP contribution in [0.4, 0.5) is 11.4 Å². The van der Waals surface area contributed by atoms with Crippen LogP contribution in [-0.4, -0.2) is 39.4 Å². The van der Waals surface area contributed by atoms with Crippen LogP contribution in [0.1, 0.15) is 17.2 Å². The van der Waals surface area contributed by atoms with Gasteiger partial charge in [-0.1, -0.05) is 42.5 Å². The summed E-state index contributed by atoms with van der Waals surface area (Å²) < 4.78 is 5.11. The number of carbonyl (C=O) groups is 3. The van der Waals surface area contributed by atoms with Crippen molar-refractivity contribution >= 4 is 34.8 Å². The molecule has 10 nitrogen and oxygen atoms in total. The third-order valence-corrected chi connectivity index (χ3v) is 5.37. The second kappa shape index (κ2) is 9.48. The molecule has 1 saturated heterocycles. The molecule has 3 aromatic rings. The number of aliphatic carboxylic acids is 1. The number of benzene rings is 3. The van der Waals surface area contributed by atoms with E-state index in [0.29, 0.717) is 5.56 Å². The summed E-state index contributed by atoms with van der Waals surface area (Å²) in [6.45, 7) is -0.561. The third-order valence-electron chi connectivity index (χ3n) is 5.37. The van der Waals surface area contributed by atoms with Crippen LogP contribution in [0.15, 0.2) is 84.4 Å². The zero-order valence-electron chi connectivity index (χ0n) is 18.0. The van der Waals surface area contributed by atoms with Crippen LogP contribution >= 0.6 is 0 Å². The molecule has 0 aromatic heterocycles. The molecule has 176 valence electrons. The Labute approximate surface area is 198 Å². The molecule has 0 spiro atoms. The SMILES string of the molecule is O=C(O)COc1ccc(N2C(=O)C(=O)C(=C(O)c3ccccc3)[C@@H]2c2cccc([N+](=O)[O-])c2)cc1. The van der Waals surface area contributed by atoms with Gasteiger partial charge in [0.1, 0.15) is 11.5 Å². The number of nitrogens with zero attached hydrogens (tertiary/aromatic N) is 2. The molecular formula is C25H18N2O8. The van der Waals surface area contributed by atoms with Gasteiger partial charge >= 0.3 is 5.97 Å². The van der Waals surface area contributed by atoms with Crippen molar-refractivity contribution in [3.05, 3.63) is 106 Å². The number of rotatable bonds is 7. The summed E-state index contributed by atoms with van der Waals surface area (Å²) in [6.07, 6.45) is 0. The number of ether oxygens (including phenoxy) is 1. The van der Waals surface area contributed by atoms with E-state index in [4.69, 9.17) is 9.84 Å². The maximum Gasteiger partial charge on any atom is 0.341 e. The monoisotopic (exact) mass is 474 g/mol. The lowest BCUT2D eigenvalue weighted by Gasteiger charge is -2.25. The highest BCUT2D eigenvalue weighted by Gasteiger charge is 2.47. The minimum Gasteiger partial charge on any atom is -0.507 e. The van der Waals surface area contributed by atoms with Gasteiger partial charge in [-0.3, -0.25) is 24.6 Å². The number of anilines is 1. The number of hydrogen-bond acceptors (Lipinski definition) is 7. The number of nitro benzene ring substituents is 1. The lowest BCUT2D eigenvalue weighted by molar-refractivity contribution is -0.384. The predicted molar refractivity (Wildman–Crippen MR) is 124 cm³/mol. The summed E-state index contributed by atoms with van der Waals surface area (Å²) >= 11 is 0. The van der Waals surface area contributed by atoms with Crippen molar-refractivity contribution in [3.8, 4) is 5.75 Å². The molecule has 3 aromatic carbocycles. The first-order chi connectivity index (χ1) is 16.8. The Morgan fingerprint density at radius 1 is 0.971 bits per heavy atom. The Balaban J connectivity index is 1.86. The van der Waals surface area contributed by atoms with Crippen molar-refractivity contribution < 1.29 is 34.3 Å². The minimum absolute atomic E-state index is 0.215. The highest BCUT2D eigenvalue weighted by Crippen LogP contribution is 2.43. The number of carboxylic acids is 1. The first-order valence-electron chi connectivity index (χ1n) is 10.3. The number of aliphatic hydroxyl groups excluding tert-OH is 1. The fourth-order valence-corrected chi connectivity index (χ4v) is 3.82. The Kier molecular flexibility index (Phi) is 6.27. The molecule has 1 atom stereocenters. The number of amides is 1. The van der Waals surface area contributed by atoms with Crippen molar-refractivity contribution in [1.82, 2.24) is 0 Å². The highest BCUT2D eigenvalue weighted by atomic mass is 16.6. The number of carbonyl (C=O) groups excluding carboxylic acids is 2. The topological polar surface area (TPSA) is 147 Å². The average molecular weight is 474 g/mol. The van der Waals surface area contributed by atoms with Crippen molar-refractivity contribution in [2.24, 2.45) is 0 Å². The van der Waals surface area contributed by atoms with Gasteiger partial charge < -0.3 is 14.9 Å². The lowest BCUT2D eigenvalue weighted by Crippen LogP contribution is -2.29. The summed E-state index contributed by atoms with van der Waals surface area (Å²) in [7, 11) is 0. The maximum atomic E-state index is 13.1. The van der Waals surface area contributed by atoms with Gasteiger partial charge in [0.25, 0.3) is 17.4 Å². The fourth-order valence-electron chi connectivity index (χ4n) is 3.82. The number of ketones is 1. The van der Waals surface area contributed by atoms with E-state index in [-0.39, 0.29) is 28.3 Å². The average Bonchev–Trinajstić information content (AvgIpc) is 3.13. The zero-order chi connectivity index (χ0) is 25.1. The van der Waals surface area contributed by atoms with Gasteiger partial charge in [0.2, 0.25) is 0 Å². The normalized spacial score (nSPS) is 16.8. The van der Waals surface area contributed by atoms with Gasteiger partial charge in [-0.05, 0) is 29.8 Å². The van der Waals surface area contributed by atoms with Gasteiger partial charge in [-0.15, -0.1) is 0 Å². The van der Waals surface area contributed by atoms with E-state index in [1.165, 1.54) is 48.5 Å². The fraction of sp³-hybridized carbons (Fsp3) is 0.0800. The van der Waals surface area contributed by atoms with E-state index in [2.05, 4.69) is 0 Å². The quantitative estimate of drug-likeness (QED) is 0.173. The molecule has 0 radical (unpaired) electrons. The van der Waals surface area contributed by atoms with Crippen LogP contribution in [0.25, 0.3) is 5.76 Å². The molecule has 2 N–H and O–H groups in total. The molecule has 4 rings (SSSR count). The molecule has 0 unspecified atom stereocenters. The van der Waals surface area contributed by atoms with E-state index in [9.17, 15) is 29.6 Å². The maximum absolute atomic E-state index is 13.1. The van der Waals surface area contributed by atoms with Crippen LogP contribution in [0.5, 0.6) is 5.75 Å². The number of hydrogen-bond donors (Lipinski definition) is 2. The highest BCUT2D eigenvalue weighted by molar-refractivity contribution is 6.51. The van der Waals surface area contributed by atoms with E-state index >= 15 is 0 Å². The number of Topliss-reactive ketones (excluding diaryl/α,β-unsaturated/α-hetero) is 1. The summed E-state index contributed by atoms with van der Waals surface area (Å²) in [6, 6.07) is 18.3. The summed E-state index contributed by atoms with van der Waals surface area (Å²) in [5.74, 6) is -3.23. The van der Waals surface area contributed by atoms with Crippen LogP contribution in [0, 0.1) is 10.1 Å². The summed E-state index contributed by atoms with van der Waals surface area (Å²) in [4.78, 5) is 48.9. The number of non-ortho nitro benzene ring substituents is 1. The Morgan fingerprint density at radius 3 is 2.29 bits per heavy atom. The Hall–Kier alpha value is -4.99. The van der Waals surface area contributed by atoms with Gasteiger partial charge in [0, 0.05) is 23.4 Å². The van der Waals surface area contributed by atoms with E-state index in [0.717, 1.165) is 4.90 Å². The summed E-state index contributed by atoms with van der Waals surface area (Å²) in [5.41, 5.74) is 0.344. The standard InChI is InChI=1S/C25H18N2O8/c28-20(29)14-35-19-11-9-17(10-12-19)26-22(16-7-4-8-18(13-16)27(33)34)21(24(31)25(26)32)23(30)15-5-2-1-3-6-15/h1-13,22,30H,14H2,(H,28,29)/t22-/m0/s1. The number of carboxylic acid groups (broad SMARTS) is 1. The molecular weight excluding hydrogens is 456 g/mol. The molecule has 0 saturated carbocycles. The third kappa shape index (κ3) is 4.58. The second-order valence-corrected chi connectivity index (χ2v) is 7.56. The van der Waals surface area contributed by atoms with Crippen LogP contribution in [0.2, 0.25) is 0 Å². The zero-order valence-corrected chi connectivity index (χ0v) is 18.0. The van der Waals surface area contributed by atoms with Crippen LogP contribution in [0.3, 0.4) is 0 Å². The van der Waals surface area contributed by atoms with Crippen molar-refractivity contribution in [2.45, 2.75) is 6.04 Å². The Bertz CT molecular complexity index is 1350. The second-order valence-electron chi connectivity index (χ2n) is 7.56. The molecule has 1 aliphatic heterocycles. The smallest absolute Gasteiger partial charge is 0.341 e. The molecule has 0 bridgehead atoms. The predicted octanol–water partition coefficient (Wildman–Crippen LogP) is 3.68. The molecule has 1 amide bonds. The molecule has 35 heavy (non-hydrogen) atoms.